The minimum absolute atomic E-state index is 0.153. The highest BCUT2D eigenvalue weighted by Gasteiger charge is 2.38. The van der Waals surface area contributed by atoms with Crippen molar-refractivity contribution in [1.29, 1.82) is 0 Å². The van der Waals surface area contributed by atoms with E-state index in [-0.39, 0.29) is 11.9 Å². The third-order valence-corrected chi connectivity index (χ3v) is 6.59. The van der Waals surface area contributed by atoms with E-state index in [1.165, 1.54) is 18.4 Å². The molecule has 4 nitrogen and oxygen atoms in total. The second kappa shape index (κ2) is 8.33. The van der Waals surface area contributed by atoms with E-state index in [1.54, 1.807) is 6.07 Å². The normalized spacial score (nSPS) is 21.0. The summed E-state index contributed by atoms with van der Waals surface area (Å²) in [5, 5.41) is 6.62. The van der Waals surface area contributed by atoms with Gasteiger partial charge in [-0.15, -0.1) is 0 Å². The third-order valence-electron chi connectivity index (χ3n) is 6.59. The lowest BCUT2D eigenvalue weighted by atomic mass is 9.98. The minimum atomic E-state index is -0.153. The monoisotopic (exact) mass is 397 g/mol. The number of halogens is 1. The van der Waals surface area contributed by atoms with E-state index < -0.39 is 0 Å². The van der Waals surface area contributed by atoms with Gasteiger partial charge >= 0.3 is 0 Å². The van der Waals surface area contributed by atoms with Gasteiger partial charge in [0.15, 0.2) is 0 Å². The number of nitrogens with zero attached hydrogens (tertiary/aromatic N) is 1. The lowest BCUT2D eigenvalue weighted by Gasteiger charge is -2.36. The molecule has 0 aromatic heterocycles. The highest BCUT2D eigenvalue weighted by molar-refractivity contribution is 5.49. The predicted molar refractivity (Wildman–Crippen MR) is 117 cm³/mol. The van der Waals surface area contributed by atoms with E-state index in [9.17, 15) is 4.39 Å². The maximum atomic E-state index is 14.3. The number of hydrogen-bond acceptors (Lipinski definition) is 4. The number of rotatable bonds is 7. The molecule has 5 heteroatoms. The number of morpholine rings is 1. The fourth-order valence-corrected chi connectivity index (χ4v) is 4.05. The van der Waals surface area contributed by atoms with Crippen molar-refractivity contribution in [2.45, 2.75) is 44.7 Å². The molecule has 1 aliphatic heterocycles. The molecule has 0 bridgehead atoms. The number of nitrogens with one attached hydrogen (secondary N) is 2. The average molecular weight is 398 g/mol. The van der Waals surface area contributed by atoms with Crippen LogP contribution in [0.3, 0.4) is 0 Å². The molecule has 1 atom stereocenters. The molecule has 0 radical (unpaired) electrons. The van der Waals surface area contributed by atoms with Crippen LogP contribution in [0.2, 0.25) is 0 Å². The number of benzene rings is 2. The Hall–Kier alpha value is -2.11. The van der Waals surface area contributed by atoms with Crippen molar-refractivity contribution in [3.63, 3.8) is 0 Å². The summed E-state index contributed by atoms with van der Waals surface area (Å²) in [7, 11) is 1.82. The zero-order valence-corrected chi connectivity index (χ0v) is 17.7. The predicted octanol–water partition coefficient (Wildman–Crippen LogP) is 4.54. The first-order valence-electron chi connectivity index (χ1n) is 10.6. The van der Waals surface area contributed by atoms with Gasteiger partial charge in [0.1, 0.15) is 5.82 Å². The number of hydrogen-bond donors (Lipinski definition) is 2. The van der Waals surface area contributed by atoms with Crippen LogP contribution in [0.5, 0.6) is 0 Å². The zero-order valence-electron chi connectivity index (χ0n) is 17.7. The number of ether oxygens (including phenoxy) is 1. The first kappa shape index (κ1) is 20.2. The topological polar surface area (TPSA) is 36.5 Å². The molecule has 2 N–H and O–H groups in total. The van der Waals surface area contributed by atoms with Crippen LogP contribution in [0.25, 0.3) is 0 Å². The number of anilines is 2. The Kier molecular flexibility index (Phi) is 5.79. The molecule has 156 valence electrons. The first-order valence-corrected chi connectivity index (χ1v) is 10.6. The summed E-state index contributed by atoms with van der Waals surface area (Å²) in [6.45, 7) is 8.00. The molecule has 1 saturated carbocycles. The van der Waals surface area contributed by atoms with Gasteiger partial charge in [0.05, 0.1) is 19.3 Å². The van der Waals surface area contributed by atoms with Crippen molar-refractivity contribution in [2.24, 2.45) is 0 Å². The van der Waals surface area contributed by atoms with Gasteiger partial charge in [-0.3, -0.25) is 4.90 Å². The highest BCUT2D eigenvalue weighted by Crippen LogP contribution is 2.47. The molecule has 2 aliphatic rings. The van der Waals surface area contributed by atoms with E-state index >= 15 is 0 Å². The molecule has 1 saturated heterocycles. The Morgan fingerprint density at radius 2 is 1.93 bits per heavy atom. The summed E-state index contributed by atoms with van der Waals surface area (Å²) in [5.74, 6) is -0.153. The van der Waals surface area contributed by atoms with Crippen molar-refractivity contribution in [3.05, 3.63) is 58.9 Å². The fourth-order valence-electron chi connectivity index (χ4n) is 4.05. The van der Waals surface area contributed by atoms with Gasteiger partial charge in [-0.05, 0) is 66.1 Å². The third kappa shape index (κ3) is 4.57. The maximum Gasteiger partial charge on any atom is 0.128 e. The van der Waals surface area contributed by atoms with E-state index in [1.807, 2.05) is 14.0 Å². The van der Waals surface area contributed by atoms with Crippen LogP contribution >= 0.6 is 0 Å². The maximum absolute atomic E-state index is 14.3. The summed E-state index contributed by atoms with van der Waals surface area (Å²) in [4.78, 5) is 2.40. The molecule has 1 unspecified atom stereocenters. The first-order chi connectivity index (χ1) is 14.0. The second-order valence-corrected chi connectivity index (χ2v) is 8.71. The van der Waals surface area contributed by atoms with Crippen LogP contribution in [0.15, 0.2) is 36.4 Å². The van der Waals surface area contributed by atoms with Gasteiger partial charge < -0.3 is 15.4 Å². The molecule has 2 aromatic rings. The molecule has 2 aromatic carbocycles. The van der Waals surface area contributed by atoms with E-state index in [0.717, 1.165) is 48.7 Å². The Morgan fingerprint density at radius 1 is 1.17 bits per heavy atom. The molecule has 29 heavy (non-hydrogen) atoms. The lowest BCUT2D eigenvalue weighted by molar-refractivity contribution is -0.00655. The van der Waals surface area contributed by atoms with E-state index in [4.69, 9.17) is 4.74 Å². The van der Waals surface area contributed by atoms with Crippen molar-refractivity contribution < 1.29 is 9.13 Å². The Labute approximate surface area is 173 Å². The summed E-state index contributed by atoms with van der Waals surface area (Å²) in [6, 6.07) is 12.7. The van der Waals surface area contributed by atoms with Crippen LogP contribution in [0, 0.1) is 12.7 Å². The van der Waals surface area contributed by atoms with Gasteiger partial charge in [-0.1, -0.05) is 19.1 Å². The van der Waals surface area contributed by atoms with Crippen molar-refractivity contribution in [3.8, 4) is 0 Å². The van der Waals surface area contributed by atoms with E-state index in [2.05, 4.69) is 52.8 Å². The van der Waals surface area contributed by atoms with Gasteiger partial charge in [-0.2, -0.15) is 0 Å². The molecule has 0 amide bonds. The van der Waals surface area contributed by atoms with Crippen molar-refractivity contribution in [1.82, 2.24) is 4.90 Å². The van der Waals surface area contributed by atoms with Gasteiger partial charge in [0, 0.05) is 38.1 Å². The molecular formula is C24H32FN3O. The summed E-state index contributed by atoms with van der Waals surface area (Å²) in [6.07, 6.45) is 2.59. The smallest absolute Gasteiger partial charge is 0.128 e. The van der Waals surface area contributed by atoms with Crippen LogP contribution in [0.1, 0.15) is 36.5 Å². The quantitative estimate of drug-likeness (QED) is 0.719. The lowest BCUT2D eigenvalue weighted by Crippen LogP contribution is -2.48. The Bertz CT molecular complexity index is 848. The molecule has 4 rings (SSSR count). The Balaban J connectivity index is 1.41. The van der Waals surface area contributed by atoms with Crippen molar-refractivity contribution >= 4 is 11.4 Å². The largest absolute Gasteiger partial charge is 0.388 e. The fraction of sp³-hybridized carbons (Fsp3) is 0.500. The minimum Gasteiger partial charge on any atom is -0.388 e. The van der Waals surface area contributed by atoms with Crippen LogP contribution in [-0.4, -0.2) is 44.3 Å². The Morgan fingerprint density at radius 3 is 2.62 bits per heavy atom. The second-order valence-electron chi connectivity index (χ2n) is 8.71. The SMILES string of the molecule is CNc1cc(F)c(C)c(CN2CCOCC2CNc2ccc(C3(C)CC3)cc2)c1. The van der Waals surface area contributed by atoms with Gasteiger partial charge in [0.2, 0.25) is 0 Å². The molecule has 2 fully saturated rings. The molecule has 1 aliphatic carbocycles. The van der Waals surface area contributed by atoms with Crippen LogP contribution < -0.4 is 10.6 Å². The summed E-state index contributed by atoms with van der Waals surface area (Å²) < 4.78 is 20.0. The summed E-state index contributed by atoms with van der Waals surface area (Å²) >= 11 is 0. The average Bonchev–Trinajstić information content (AvgIpc) is 3.49. The van der Waals surface area contributed by atoms with E-state index in [0.29, 0.717) is 12.0 Å². The van der Waals surface area contributed by atoms with Crippen LogP contribution in [-0.2, 0) is 16.7 Å². The highest BCUT2D eigenvalue weighted by atomic mass is 19.1. The van der Waals surface area contributed by atoms with Gasteiger partial charge in [0.25, 0.3) is 0 Å². The molecular weight excluding hydrogens is 365 g/mol. The molecule has 1 heterocycles. The molecule has 0 spiro atoms. The standard InChI is InChI=1S/C24H32FN3O/c1-17-18(12-21(26-3)13-23(17)25)15-28-10-11-29-16-22(28)14-27-20-6-4-19(5-7-20)24(2)8-9-24/h4-7,12-13,22,26-27H,8-11,14-16H2,1-3H3. The zero-order chi connectivity index (χ0) is 20.4. The summed E-state index contributed by atoms with van der Waals surface area (Å²) in [5.41, 5.74) is 5.56. The van der Waals surface area contributed by atoms with Gasteiger partial charge in [-0.25, -0.2) is 4.39 Å². The van der Waals surface area contributed by atoms with Crippen molar-refractivity contribution in [2.75, 3.05) is 44.0 Å². The van der Waals surface area contributed by atoms with Crippen LogP contribution in [0.4, 0.5) is 15.8 Å².